The number of imide groups is 1. The van der Waals surface area contributed by atoms with Gasteiger partial charge < -0.3 is 10.6 Å². The predicted octanol–water partition coefficient (Wildman–Crippen LogP) is 1.07. The average molecular weight is 391 g/mol. The number of nitrogens with one attached hydrogen (secondary N) is 2. The molecule has 0 spiro atoms. The number of anilines is 1. The number of nitrogens with zero attached hydrogens (tertiary/aromatic N) is 5. The molecule has 29 heavy (non-hydrogen) atoms. The van der Waals surface area contributed by atoms with Crippen molar-refractivity contribution in [2.24, 2.45) is 0 Å². The molecule has 3 aromatic rings. The van der Waals surface area contributed by atoms with Crippen molar-refractivity contribution in [1.82, 2.24) is 30.4 Å². The SMILES string of the molecule is C[C@]1(c2ccccc2)NC(=O)N(CC(=O)Nc2cccc(-n3cnnn3)c2)C1=O. The van der Waals surface area contributed by atoms with Crippen LogP contribution in [0.4, 0.5) is 10.5 Å². The Balaban J connectivity index is 1.47. The Morgan fingerprint density at radius 1 is 1.14 bits per heavy atom. The zero-order valence-electron chi connectivity index (χ0n) is 15.4. The van der Waals surface area contributed by atoms with E-state index in [1.807, 2.05) is 6.07 Å². The summed E-state index contributed by atoms with van der Waals surface area (Å²) in [6, 6.07) is 15.2. The van der Waals surface area contributed by atoms with E-state index in [4.69, 9.17) is 0 Å². The van der Waals surface area contributed by atoms with Crippen LogP contribution >= 0.6 is 0 Å². The fourth-order valence-electron chi connectivity index (χ4n) is 3.16. The van der Waals surface area contributed by atoms with Crippen LogP contribution in [0.15, 0.2) is 60.9 Å². The summed E-state index contributed by atoms with van der Waals surface area (Å²) in [5.74, 6) is -0.981. The van der Waals surface area contributed by atoms with Crippen LogP contribution in [0.5, 0.6) is 0 Å². The lowest BCUT2D eigenvalue weighted by atomic mass is 9.92. The molecule has 146 valence electrons. The molecule has 2 aromatic carbocycles. The summed E-state index contributed by atoms with van der Waals surface area (Å²) in [5.41, 5.74) is 0.578. The second-order valence-electron chi connectivity index (χ2n) is 6.67. The maximum Gasteiger partial charge on any atom is 0.325 e. The molecule has 1 aromatic heterocycles. The van der Waals surface area contributed by atoms with Crippen LogP contribution in [0, 0.1) is 0 Å². The van der Waals surface area contributed by atoms with Crippen molar-refractivity contribution in [2.75, 3.05) is 11.9 Å². The lowest BCUT2D eigenvalue weighted by Gasteiger charge is -2.22. The van der Waals surface area contributed by atoms with Gasteiger partial charge in [-0.1, -0.05) is 36.4 Å². The number of carbonyl (C=O) groups is 3. The van der Waals surface area contributed by atoms with Gasteiger partial charge in [0.05, 0.1) is 5.69 Å². The highest BCUT2D eigenvalue weighted by Gasteiger charge is 2.49. The normalized spacial score (nSPS) is 18.6. The molecule has 4 rings (SSSR count). The molecule has 0 unspecified atom stereocenters. The molecule has 1 aliphatic heterocycles. The molecule has 10 heteroatoms. The van der Waals surface area contributed by atoms with Crippen molar-refractivity contribution in [3.05, 3.63) is 66.5 Å². The third-order valence-electron chi connectivity index (χ3n) is 4.67. The molecule has 1 aliphatic rings. The molecule has 0 aliphatic carbocycles. The van der Waals surface area contributed by atoms with Crippen LogP contribution < -0.4 is 10.6 Å². The maximum atomic E-state index is 12.9. The molecule has 1 atom stereocenters. The molecule has 4 amide bonds. The highest BCUT2D eigenvalue weighted by molar-refractivity contribution is 6.10. The van der Waals surface area contributed by atoms with Gasteiger partial charge in [0.2, 0.25) is 5.91 Å². The third kappa shape index (κ3) is 3.43. The van der Waals surface area contributed by atoms with E-state index in [1.165, 1.54) is 11.0 Å². The summed E-state index contributed by atoms with van der Waals surface area (Å²) in [6.07, 6.45) is 1.43. The Morgan fingerprint density at radius 3 is 2.66 bits per heavy atom. The first kappa shape index (κ1) is 18.3. The van der Waals surface area contributed by atoms with E-state index in [1.54, 1.807) is 55.5 Å². The number of hydrogen-bond acceptors (Lipinski definition) is 6. The fraction of sp³-hybridized carbons (Fsp3) is 0.158. The van der Waals surface area contributed by atoms with Crippen LogP contribution in [0.2, 0.25) is 0 Å². The van der Waals surface area contributed by atoms with Gasteiger partial charge in [0.25, 0.3) is 5.91 Å². The van der Waals surface area contributed by atoms with Gasteiger partial charge in [-0.15, -0.1) is 5.10 Å². The maximum absolute atomic E-state index is 12.9. The van der Waals surface area contributed by atoms with Crippen molar-refractivity contribution < 1.29 is 14.4 Å². The Hall–Kier alpha value is -4.08. The Morgan fingerprint density at radius 2 is 1.93 bits per heavy atom. The van der Waals surface area contributed by atoms with E-state index in [9.17, 15) is 14.4 Å². The highest BCUT2D eigenvalue weighted by atomic mass is 16.2. The number of hydrogen-bond donors (Lipinski definition) is 2. The summed E-state index contributed by atoms with van der Waals surface area (Å²) in [6.45, 7) is 1.22. The van der Waals surface area contributed by atoms with Gasteiger partial charge in [-0.05, 0) is 41.1 Å². The Kier molecular flexibility index (Phi) is 4.51. The minimum absolute atomic E-state index is 0.401. The third-order valence-corrected chi connectivity index (χ3v) is 4.67. The molecule has 0 bridgehead atoms. The summed E-state index contributed by atoms with van der Waals surface area (Å²) >= 11 is 0. The average Bonchev–Trinajstić information content (AvgIpc) is 3.33. The van der Waals surface area contributed by atoms with Gasteiger partial charge >= 0.3 is 6.03 Å². The number of urea groups is 1. The van der Waals surface area contributed by atoms with Crippen molar-refractivity contribution in [3.8, 4) is 5.69 Å². The van der Waals surface area contributed by atoms with Gasteiger partial charge in [0.1, 0.15) is 18.4 Å². The standard InChI is InChI=1S/C19H17N7O3/c1-19(13-6-3-2-4-7-13)17(28)25(18(29)22-19)11-16(27)21-14-8-5-9-15(10-14)26-12-20-23-24-26/h2-10,12H,11H2,1H3,(H,21,27)(H,22,29)/t19-/m1/s1. The van der Waals surface area contributed by atoms with E-state index >= 15 is 0 Å². The van der Waals surface area contributed by atoms with Gasteiger partial charge in [-0.2, -0.15) is 0 Å². The lowest BCUT2D eigenvalue weighted by molar-refractivity contribution is -0.133. The first-order valence-electron chi connectivity index (χ1n) is 8.80. The smallest absolute Gasteiger partial charge is 0.324 e. The molecule has 1 fully saturated rings. The van der Waals surface area contributed by atoms with Crippen LogP contribution in [-0.2, 0) is 15.1 Å². The number of rotatable bonds is 5. The van der Waals surface area contributed by atoms with Gasteiger partial charge in [0.15, 0.2) is 0 Å². The molecule has 0 saturated carbocycles. The van der Waals surface area contributed by atoms with Gasteiger partial charge in [-0.3, -0.25) is 14.5 Å². The summed E-state index contributed by atoms with van der Waals surface area (Å²) in [4.78, 5) is 38.6. The summed E-state index contributed by atoms with van der Waals surface area (Å²) in [5, 5.41) is 16.3. The van der Waals surface area contributed by atoms with Crippen LogP contribution in [-0.4, -0.2) is 49.5 Å². The summed E-state index contributed by atoms with van der Waals surface area (Å²) < 4.78 is 1.44. The number of tetrazole rings is 1. The Bertz CT molecular complexity index is 1070. The van der Waals surface area contributed by atoms with Crippen molar-refractivity contribution in [1.29, 1.82) is 0 Å². The molecule has 2 N–H and O–H groups in total. The lowest BCUT2D eigenvalue weighted by Crippen LogP contribution is -2.42. The fourth-order valence-corrected chi connectivity index (χ4v) is 3.16. The highest BCUT2D eigenvalue weighted by Crippen LogP contribution is 2.28. The van der Waals surface area contributed by atoms with E-state index in [-0.39, 0.29) is 0 Å². The van der Waals surface area contributed by atoms with E-state index in [2.05, 4.69) is 26.2 Å². The largest absolute Gasteiger partial charge is 0.325 e. The zero-order chi connectivity index (χ0) is 20.4. The first-order chi connectivity index (χ1) is 14.0. The van der Waals surface area contributed by atoms with E-state index in [0.717, 1.165) is 4.90 Å². The van der Waals surface area contributed by atoms with Crippen molar-refractivity contribution >= 4 is 23.5 Å². The molecular formula is C19H17N7O3. The van der Waals surface area contributed by atoms with Crippen LogP contribution in [0.3, 0.4) is 0 Å². The van der Waals surface area contributed by atoms with Crippen LogP contribution in [0.1, 0.15) is 12.5 Å². The molecule has 2 heterocycles. The number of aromatic nitrogens is 4. The second-order valence-corrected chi connectivity index (χ2v) is 6.67. The quantitative estimate of drug-likeness (QED) is 0.628. The molecule has 0 radical (unpaired) electrons. The van der Waals surface area contributed by atoms with Gasteiger partial charge in [-0.25, -0.2) is 9.48 Å². The number of amides is 4. The van der Waals surface area contributed by atoms with E-state index in [0.29, 0.717) is 16.9 Å². The zero-order valence-corrected chi connectivity index (χ0v) is 15.4. The topological polar surface area (TPSA) is 122 Å². The van der Waals surface area contributed by atoms with Crippen molar-refractivity contribution in [2.45, 2.75) is 12.5 Å². The first-order valence-corrected chi connectivity index (χ1v) is 8.80. The second kappa shape index (κ2) is 7.15. The number of benzene rings is 2. The van der Waals surface area contributed by atoms with Gasteiger partial charge in [0, 0.05) is 5.69 Å². The minimum atomic E-state index is -1.21. The number of carbonyl (C=O) groups excluding carboxylic acids is 3. The summed E-state index contributed by atoms with van der Waals surface area (Å²) in [7, 11) is 0. The molecule has 1 saturated heterocycles. The predicted molar refractivity (Wildman–Crippen MR) is 102 cm³/mol. The van der Waals surface area contributed by atoms with E-state index < -0.39 is 29.9 Å². The Labute approximate surface area is 165 Å². The van der Waals surface area contributed by atoms with Crippen molar-refractivity contribution in [3.63, 3.8) is 0 Å². The van der Waals surface area contributed by atoms with Crippen LogP contribution in [0.25, 0.3) is 5.69 Å². The molecule has 10 nitrogen and oxygen atoms in total. The molecular weight excluding hydrogens is 374 g/mol. The minimum Gasteiger partial charge on any atom is -0.324 e. The monoisotopic (exact) mass is 391 g/mol.